The van der Waals surface area contributed by atoms with Gasteiger partial charge >= 0.3 is 0 Å². The van der Waals surface area contributed by atoms with Crippen LogP contribution in [0.1, 0.15) is 20.3 Å². The molecule has 1 aromatic rings. The maximum Gasteiger partial charge on any atom is 0.226 e. The number of phenols is 1. The molecular formula is C12H16N2O2. The third-order valence-electron chi connectivity index (χ3n) is 2.83. The van der Waals surface area contributed by atoms with Crippen LogP contribution in [0.5, 0.6) is 5.75 Å². The molecule has 1 aliphatic heterocycles. The smallest absolute Gasteiger partial charge is 0.226 e. The number of amides is 1. The molecule has 1 heterocycles. The van der Waals surface area contributed by atoms with Crippen molar-refractivity contribution in [3.05, 3.63) is 18.2 Å². The van der Waals surface area contributed by atoms with Gasteiger partial charge in [-0.1, -0.05) is 13.8 Å². The first-order valence-corrected chi connectivity index (χ1v) is 5.45. The fraction of sp³-hybridized carbons (Fsp3) is 0.417. The fourth-order valence-corrected chi connectivity index (χ4v) is 1.82. The predicted molar refractivity (Wildman–Crippen MR) is 63.6 cm³/mol. The van der Waals surface area contributed by atoms with E-state index in [1.165, 1.54) is 0 Å². The summed E-state index contributed by atoms with van der Waals surface area (Å²) in [5, 5.41) is 15.5. The number of hydrogen-bond donors (Lipinski definition) is 3. The van der Waals surface area contributed by atoms with Crippen LogP contribution in [-0.2, 0) is 4.79 Å². The van der Waals surface area contributed by atoms with E-state index in [4.69, 9.17) is 0 Å². The number of anilines is 2. The molecule has 1 unspecified atom stereocenters. The Morgan fingerprint density at radius 2 is 2.12 bits per heavy atom. The molecule has 16 heavy (non-hydrogen) atoms. The summed E-state index contributed by atoms with van der Waals surface area (Å²) >= 11 is 0. The van der Waals surface area contributed by atoms with Gasteiger partial charge in [0.2, 0.25) is 5.91 Å². The van der Waals surface area contributed by atoms with Crippen LogP contribution in [0.4, 0.5) is 11.4 Å². The van der Waals surface area contributed by atoms with Gasteiger partial charge in [0.1, 0.15) is 5.75 Å². The summed E-state index contributed by atoms with van der Waals surface area (Å²) in [6.07, 6.45) is 0.451. The zero-order valence-electron chi connectivity index (χ0n) is 9.45. The van der Waals surface area contributed by atoms with Crippen molar-refractivity contribution in [1.29, 1.82) is 0 Å². The van der Waals surface area contributed by atoms with E-state index in [-0.39, 0.29) is 17.7 Å². The van der Waals surface area contributed by atoms with Crippen LogP contribution in [0.2, 0.25) is 0 Å². The molecule has 2 rings (SSSR count). The molecule has 0 spiro atoms. The summed E-state index contributed by atoms with van der Waals surface area (Å²) in [5.74, 6) is 0.518. The van der Waals surface area contributed by atoms with Crippen LogP contribution in [0, 0.1) is 5.92 Å². The van der Waals surface area contributed by atoms with Crippen molar-refractivity contribution in [3.8, 4) is 5.75 Å². The molecule has 0 aromatic heterocycles. The van der Waals surface area contributed by atoms with Crippen molar-refractivity contribution in [1.82, 2.24) is 0 Å². The number of benzene rings is 1. The average molecular weight is 220 g/mol. The maximum atomic E-state index is 11.6. The Balaban J connectivity index is 2.35. The molecule has 1 aromatic carbocycles. The highest BCUT2D eigenvalue weighted by atomic mass is 16.3. The molecule has 4 nitrogen and oxygen atoms in total. The first-order valence-electron chi connectivity index (χ1n) is 5.45. The number of aromatic hydroxyl groups is 1. The molecule has 0 bridgehead atoms. The number of hydrogen-bond acceptors (Lipinski definition) is 3. The lowest BCUT2D eigenvalue weighted by atomic mass is 10.0. The van der Waals surface area contributed by atoms with Crippen molar-refractivity contribution >= 4 is 17.3 Å². The first-order chi connectivity index (χ1) is 7.56. The first kappa shape index (κ1) is 10.8. The number of phenolic OH excluding ortho intramolecular Hbond substituents is 1. The highest BCUT2D eigenvalue weighted by molar-refractivity contribution is 5.96. The van der Waals surface area contributed by atoms with E-state index in [1.54, 1.807) is 18.2 Å². The molecule has 0 fully saturated rings. The van der Waals surface area contributed by atoms with Gasteiger partial charge < -0.3 is 15.7 Å². The van der Waals surface area contributed by atoms with Crippen LogP contribution in [0.15, 0.2) is 18.2 Å². The van der Waals surface area contributed by atoms with E-state index in [0.717, 1.165) is 5.69 Å². The Hall–Kier alpha value is -1.71. The molecular weight excluding hydrogens is 204 g/mol. The minimum atomic E-state index is -0.0180. The summed E-state index contributed by atoms with van der Waals surface area (Å²) in [5.41, 5.74) is 1.51. The van der Waals surface area contributed by atoms with E-state index in [9.17, 15) is 9.90 Å². The van der Waals surface area contributed by atoms with Gasteiger partial charge in [0, 0.05) is 18.5 Å². The normalized spacial score (nSPS) is 19.7. The van der Waals surface area contributed by atoms with Crippen LogP contribution in [0.25, 0.3) is 0 Å². The van der Waals surface area contributed by atoms with Crippen molar-refractivity contribution < 1.29 is 9.90 Å². The van der Waals surface area contributed by atoms with Gasteiger partial charge in [0.05, 0.1) is 11.4 Å². The minimum Gasteiger partial charge on any atom is -0.508 e. The maximum absolute atomic E-state index is 11.6. The molecule has 0 radical (unpaired) electrons. The largest absolute Gasteiger partial charge is 0.508 e. The van der Waals surface area contributed by atoms with E-state index in [2.05, 4.69) is 24.5 Å². The summed E-state index contributed by atoms with van der Waals surface area (Å²) in [6, 6.07) is 5.08. The summed E-state index contributed by atoms with van der Waals surface area (Å²) in [6.45, 7) is 4.16. The average Bonchev–Trinajstić information content (AvgIpc) is 2.35. The second kappa shape index (κ2) is 4.04. The van der Waals surface area contributed by atoms with E-state index >= 15 is 0 Å². The zero-order valence-corrected chi connectivity index (χ0v) is 9.45. The highest BCUT2D eigenvalue weighted by Crippen LogP contribution is 2.30. The van der Waals surface area contributed by atoms with E-state index in [0.29, 0.717) is 18.0 Å². The number of carbonyl (C=O) groups excluding carboxylic acids is 1. The van der Waals surface area contributed by atoms with Crippen LogP contribution >= 0.6 is 0 Å². The molecule has 4 heteroatoms. The number of nitrogens with one attached hydrogen (secondary N) is 2. The Kier molecular flexibility index (Phi) is 2.73. The third kappa shape index (κ3) is 2.10. The fourth-order valence-electron chi connectivity index (χ4n) is 1.82. The number of carbonyl (C=O) groups is 1. The predicted octanol–water partition coefficient (Wildman–Crippen LogP) is 2.17. The molecule has 1 amide bonds. The lowest BCUT2D eigenvalue weighted by Crippen LogP contribution is -2.27. The van der Waals surface area contributed by atoms with E-state index in [1.807, 2.05) is 0 Å². The standard InChI is InChI=1S/C12H16N2O2/c1-7(2)10-6-12(16)14-11-5-8(15)3-4-9(11)13-10/h3-5,7,10,13,15H,6H2,1-2H3,(H,14,16). The monoisotopic (exact) mass is 220 g/mol. The van der Waals surface area contributed by atoms with Gasteiger partial charge in [-0.15, -0.1) is 0 Å². The van der Waals surface area contributed by atoms with Gasteiger partial charge in [-0.25, -0.2) is 0 Å². The van der Waals surface area contributed by atoms with Crippen LogP contribution in [0.3, 0.4) is 0 Å². The quantitative estimate of drug-likeness (QED) is 0.636. The molecule has 3 N–H and O–H groups in total. The Morgan fingerprint density at radius 1 is 1.38 bits per heavy atom. The summed E-state index contributed by atoms with van der Waals surface area (Å²) in [4.78, 5) is 11.6. The Labute approximate surface area is 94.7 Å². The second-order valence-corrected chi connectivity index (χ2v) is 4.48. The third-order valence-corrected chi connectivity index (χ3v) is 2.83. The SMILES string of the molecule is CC(C)C1CC(=O)Nc2cc(O)ccc2N1. The summed E-state index contributed by atoms with van der Waals surface area (Å²) in [7, 11) is 0. The topological polar surface area (TPSA) is 61.4 Å². The zero-order chi connectivity index (χ0) is 11.7. The molecule has 0 saturated carbocycles. The number of fused-ring (bicyclic) bond motifs is 1. The van der Waals surface area contributed by atoms with Crippen molar-refractivity contribution in [2.24, 2.45) is 5.92 Å². The highest BCUT2D eigenvalue weighted by Gasteiger charge is 2.22. The molecule has 0 saturated heterocycles. The van der Waals surface area contributed by atoms with Gasteiger partial charge in [-0.2, -0.15) is 0 Å². The van der Waals surface area contributed by atoms with Gasteiger partial charge in [-0.05, 0) is 18.1 Å². The molecule has 1 aliphatic rings. The lowest BCUT2D eigenvalue weighted by molar-refractivity contribution is -0.116. The van der Waals surface area contributed by atoms with Gasteiger partial charge in [0.15, 0.2) is 0 Å². The second-order valence-electron chi connectivity index (χ2n) is 4.48. The Morgan fingerprint density at radius 3 is 2.81 bits per heavy atom. The minimum absolute atomic E-state index is 0.0180. The van der Waals surface area contributed by atoms with Gasteiger partial charge in [0.25, 0.3) is 0 Å². The van der Waals surface area contributed by atoms with Crippen LogP contribution in [-0.4, -0.2) is 17.1 Å². The molecule has 1 atom stereocenters. The van der Waals surface area contributed by atoms with Crippen molar-refractivity contribution in [2.75, 3.05) is 10.6 Å². The molecule has 0 aliphatic carbocycles. The Bertz CT molecular complexity index is 415. The van der Waals surface area contributed by atoms with Crippen LogP contribution < -0.4 is 10.6 Å². The lowest BCUT2D eigenvalue weighted by Gasteiger charge is -2.20. The summed E-state index contributed by atoms with van der Waals surface area (Å²) < 4.78 is 0. The van der Waals surface area contributed by atoms with Gasteiger partial charge in [-0.3, -0.25) is 4.79 Å². The van der Waals surface area contributed by atoms with Crippen molar-refractivity contribution in [3.63, 3.8) is 0 Å². The van der Waals surface area contributed by atoms with E-state index < -0.39 is 0 Å². The van der Waals surface area contributed by atoms with Crippen molar-refractivity contribution in [2.45, 2.75) is 26.3 Å². The number of rotatable bonds is 1. The molecule has 86 valence electrons.